The first-order valence-corrected chi connectivity index (χ1v) is 5.18. The molecule has 0 unspecified atom stereocenters. The van der Waals surface area contributed by atoms with Gasteiger partial charge in [-0.1, -0.05) is 25.5 Å². The van der Waals surface area contributed by atoms with Crippen molar-refractivity contribution in [1.82, 2.24) is 4.98 Å². The van der Waals surface area contributed by atoms with Crippen molar-refractivity contribution < 1.29 is 0 Å². The summed E-state index contributed by atoms with van der Waals surface area (Å²) in [7, 11) is 0. The van der Waals surface area contributed by atoms with Crippen molar-refractivity contribution >= 4 is 10.9 Å². The van der Waals surface area contributed by atoms with Crippen LogP contribution in [0.2, 0.25) is 0 Å². The first kappa shape index (κ1) is 9.32. The molecule has 0 radical (unpaired) electrons. The zero-order valence-corrected chi connectivity index (χ0v) is 9.31. The summed E-state index contributed by atoms with van der Waals surface area (Å²) in [6, 6.07) is 6.60. The average molecular weight is 187 g/mol. The SMILES string of the molecule is Cc1ccc2[nH]c(C)c(C(C)C)c2c1. The van der Waals surface area contributed by atoms with Gasteiger partial charge < -0.3 is 4.98 Å². The van der Waals surface area contributed by atoms with Gasteiger partial charge in [-0.05, 0) is 37.5 Å². The first-order valence-electron chi connectivity index (χ1n) is 5.18. The van der Waals surface area contributed by atoms with Crippen molar-refractivity contribution in [3.05, 3.63) is 35.0 Å². The number of benzene rings is 1. The largest absolute Gasteiger partial charge is 0.358 e. The molecule has 0 atom stereocenters. The molecule has 1 aromatic carbocycles. The van der Waals surface area contributed by atoms with Crippen LogP contribution in [-0.2, 0) is 0 Å². The van der Waals surface area contributed by atoms with Gasteiger partial charge in [-0.3, -0.25) is 0 Å². The molecule has 0 aliphatic rings. The zero-order chi connectivity index (χ0) is 10.3. The lowest BCUT2D eigenvalue weighted by Gasteiger charge is -2.04. The smallest absolute Gasteiger partial charge is 0.0459 e. The highest BCUT2D eigenvalue weighted by molar-refractivity contribution is 5.85. The number of aryl methyl sites for hydroxylation is 2. The molecule has 0 amide bonds. The monoisotopic (exact) mass is 187 g/mol. The summed E-state index contributed by atoms with van der Waals surface area (Å²) in [5, 5.41) is 1.39. The molecule has 0 bridgehead atoms. The van der Waals surface area contributed by atoms with E-state index in [1.165, 1.54) is 27.7 Å². The zero-order valence-electron chi connectivity index (χ0n) is 9.31. The number of aromatic nitrogens is 1. The minimum atomic E-state index is 0.588. The second-order valence-corrected chi connectivity index (χ2v) is 4.37. The van der Waals surface area contributed by atoms with E-state index in [0.29, 0.717) is 5.92 Å². The number of hydrogen-bond acceptors (Lipinski definition) is 0. The van der Waals surface area contributed by atoms with E-state index in [-0.39, 0.29) is 0 Å². The molecule has 74 valence electrons. The normalized spacial score (nSPS) is 11.5. The lowest BCUT2D eigenvalue weighted by molar-refractivity contribution is 0.863. The molecular weight excluding hydrogens is 170 g/mol. The Kier molecular flexibility index (Phi) is 2.10. The molecule has 14 heavy (non-hydrogen) atoms. The third kappa shape index (κ3) is 1.33. The van der Waals surface area contributed by atoms with E-state index >= 15 is 0 Å². The third-order valence-electron chi connectivity index (χ3n) is 2.77. The highest BCUT2D eigenvalue weighted by Gasteiger charge is 2.10. The fraction of sp³-hybridized carbons (Fsp3) is 0.385. The predicted molar refractivity (Wildman–Crippen MR) is 61.9 cm³/mol. The van der Waals surface area contributed by atoms with Crippen LogP contribution >= 0.6 is 0 Å². The fourth-order valence-corrected chi connectivity index (χ4v) is 2.21. The molecule has 0 fully saturated rings. The van der Waals surface area contributed by atoms with Crippen molar-refractivity contribution in [2.24, 2.45) is 0 Å². The summed E-state index contributed by atoms with van der Waals surface area (Å²) in [5.41, 5.74) is 5.36. The lowest BCUT2D eigenvalue weighted by Crippen LogP contribution is -1.88. The van der Waals surface area contributed by atoms with Crippen LogP contribution in [0.3, 0.4) is 0 Å². The van der Waals surface area contributed by atoms with Gasteiger partial charge in [0.15, 0.2) is 0 Å². The van der Waals surface area contributed by atoms with Crippen LogP contribution < -0.4 is 0 Å². The molecule has 1 heterocycles. The Morgan fingerprint density at radius 2 is 1.86 bits per heavy atom. The molecule has 2 rings (SSSR count). The molecule has 0 aliphatic carbocycles. The standard InChI is InChI=1S/C13H17N/c1-8(2)13-10(4)14-12-6-5-9(3)7-11(12)13/h5-8,14H,1-4H3. The van der Waals surface area contributed by atoms with E-state index in [2.05, 4.69) is 50.9 Å². The molecule has 1 aromatic heterocycles. The highest BCUT2D eigenvalue weighted by atomic mass is 14.7. The van der Waals surface area contributed by atoms with Gasteiger partial charge >= 0.3 is 0 Å². The van der Waals surface area contributed by atoms with Gasteiger partial charge in [-0.25, -0.2) is 0 Å². The fourth-order valence-electron chi connectivity index (χ4n) is 2.21. The van der Waals surface area contributed by atoms with Crippen molar-refractivity contribution in [2.45, 2.75) is 33.6 Å². The molecule has 0 saturated carbocycles. The van der Waals surface area contributed by atoms with E-state index < -0.39 is 0 Å². The van der Waals surface area contributed by atoms with Gasteiger partial charge in [0.05, 0.1) is 0 Å². The van der Waals surface area contributed by atoms with E-state index in [1.807, 2.05) is 0 Å². The van der Waals surface area contributed by atoms with Crippen molar-refractivity contribution in [2.75, 3.05) is 0 Å². The summed E-state index contributed by atoms with van der Waals surface area (Å²) >= 11 is 0. The van der Waals surface area contributed by atoms with Gasteiger partial charge in [-0.2, -0.15) is 0 Å². The van der Waals surface area contributed by atoms with Gasteiger partial charge in [-0.15, -0.1) is 0 Å². The van der Waals surface area contributed by atoms with Crippen LogP contribution in [0.4, 0.5) is 0 Å². The van der Waals surface area contributed by atoms with Crippen LogP contribution in [0.15, 0.2) is 18.2 Å². The number of nitrogens with one attached hydrogen (secondary N) is 1. The maximum atomic E-state index is 3.44. The van der Waals surface area contributed by atoms with Crippen LogP contribution in [0.5, 0.6) is 0 Å². The molecule has 1 nitrogen and oxygen atoms in total. The van der Waals surface area contributed by atoms with Crippen molar-refractivity contribution in [3.63, 3.8) is 0 Å². The van der Waals surface area contributed by atoms with Gasteiger partial charge in [0.1, 0.15) is 0 Å². The quantitative estimate of drug-likeness (QED) is 0.696. The summed E-state index contributed by atoms with van der Waals surface area (Å²) in [5.74, 6) is 0.588. The molecule has 1 N–H and O–H groups in total. The Morgan fingerprint density at radius 1 is 1.14 bits per heavy atom. The third-order valence-corrected chi connectivity index (χ3v) is 2.77. The van der Waals surface area contributed by atoms with E-state index in [1.54, 1.807) is 0 Å². The Morgan fingerprint density at radius 3 is 2.50 bits per heavy atom. The molecule has 0 aliphatic heterocycles. The van der Waals surface area contributed by atoms with Crippen molar-refractivity contribution in [3.8, 4) is 0 Å². The number of aromatic amines is 1. The Balaban J connectivity index is 2.79. The van der Waals surface area contributed by atoms with Crippen LogP contribution in [0.25, 0.3) is 10.9 Å². The summed E-state index contributed by atoms with van der Waals surface area (Å²) in [4.78, 5) is 3.44. The van der Waals surface area contributed by atoms with Gasteiger partial charge in [0.2, 0.25) is 0 Å². The number of hydrogen-bond donors (Lipinski definition) is 1. The number of rotatable bonds is 1. The lowest BCUT2D eigenvalue weighted by atomic mass is 9.99. The van der Waals surface area contributed by atoms with Crippen molar-refractivity contribution in [1.29, 1.82) is 0 Å². The van der Waals surface area contributed by atoms with E-state index in [9.17, 15) is 0 Å². The van der Waals surface area contributed by atoms with Gasteiger partial charge in [0.25, 0.3) is 0 Å². The minimum absolute atomic E-state index is 0.588. The maximum absolute atomic E-state index is 3.44. The molecule has 0 saturated heterocycles. The van der Waals surface area contributed by atoms with Crippen LogP contribution in [0, 0.1) is 13.8 Å². The highest BCUT2D eigenvalue weighted by Crippen LogP contribution is 2.29. The van der Waals surface area contributed by atoms with Crippen LogP contribution in [0.1, 0.15) is 36.6 Å². The predicted octanol–water partition coefficient (Wildman–Crippen LogP) is 3.91. The summed E-state index contributed by atoms with van der Waals surface area (Å²) in [6.45, 7) is 8.80. The topological polar surface area (TPSA) is 15.8 Å². The first-order chi connectivity index (χ1) is 6.59. The minimum Gasteiger partial charge on any atom is -0.358 e. The molecule has 1 heteroatoms. The maximum Gasteiger partial charge on any atom is 0.0459 e. The van der Waals surface area contributed by atoms with E-state index in [4.69, 9.17) is 0 Å². The van der Waals surface area contributed by atoms with E-state index in [0.717, 1.165) is 0 Å². The number of fused-ring (bicyclic) bond motifs is 1. The number of H-pyrrole nitrogens is 1. The Labute approximate surface area is 85.1 Å². The van der Waals surface area contributed by atoms with Crippen LogP contribution in [-0.4, -0.2) is 4.98 Å². The Hall–Kier alpha value is -1.24. The molecule has 0 spiro atoms. The second kappa shape index (κ2) is 3.16. The average Bonchev–Trinajstić information content (AvgIpc) is 2.40. The second-order valence-electron chi connectivity index (χ2n) is 4.37. The molecule has 2 aromatic rings. The summed E-state index contributed by atoms with van der Waals surface area (Å²) in [6.07, 6.45) is 0. The summed E-state index contributed by atoms with van der Waals surface area (Å²) < 4.78 is 0. The van der Waals surface area contributed by atoms with Gasteiger partial charge in [0, 0.05) is 16.6 Å². The Bertz CT molecular complexity index is 463. The molecular formula is C13H17N.